The zero-order valence-corrected chi connectivity index (χ0v) is 14.8. The van der Waals surface area contributed by atoms with Crippen LogP contribution in [-0.4, -0.2) is 14.4 Å². The third-order valence-electron chi connectivity index (χ3n) is 7.84. The molecule has 0 amide bonds. The molecule has 4 fully saturated rings. The van der Waals surface area contributed by atoms with Crippen molar-refractivity contribution in [3.05, 3.63) is 54.4 Å². The van der Waals surface area contributed by atoms with Crippen LogP contribution in [0.5, 0.6) is 0 Å². The monoisotopic (exact) mass is 339 g/mol. The smallest absolute Gasteiger partial charge is 0.148 e. The molecular formula is C23H21N3. The van der Waals surface area contributed by atoms with E-state index in [1.165, 1.54) is 55.3 Å². The van der Waals surface area contributed by atoms with E-state index in [2.05, 4.69) is 52.9 Å². The minimum absolute atomic E-state index is 0.267. The lowest BCUT2D eigenvalue weighted by Gasteiger charge is -2.43. The van der Waals surface area contributed by atoms with Crippen LogP contribution >= 0.6 is 0 Å². The molecule has 0 N–H and O–H groups in total. The Labute approximate surface area is 152 Å². The summed E-state index contributed by atoms with van der Waals surface area (Å²) in [5.41, 5.74) is 5.28. The summed E-state index contributed by atoms with van der Waals surface area (Å²) in [7, 11) is 0. The van der Waals surface area contributed by atoms with Gasteiger partial charge in [-0.1, -0.05) is 30.7 Å². The summed E-state index contributed by atoms with van der Waals surface area (Å²) < 4.78 is 2.42. The number of hydrogen-bond acceptors (Lipinski definition) is 2. The van der Waals surface area contributed by atoms with E-state index >= 15 is 0 Å². The van der Waals surface area contributed by atoms with Crippen LogP contribution in [0.1, 0.15) is 44.3 Å². The summed E-state index contributed by atoms with van der Waals surface area (Å²) in [5.74, 6) is 2.23. The third kappa shape index (κ3) is 1.37. The Balaban J connectivity index is 1.69. The number of imidazole rings is 1. The average Bonchev–Trinajstić information content (AvgIpc) is 3.34. The van der Waals surface area contributed by atoms with Crippen LogP contribution in [0.25, 0.3) is 27.6 Å². The first-order valence-electron chi connectivity index (χ1n) is 9.96. The van der Waals surface area contributed by atoms with Crippen molar-refractivity contribution < 1.29 is 0 Å². The van der Waals surface area contributed by atoms with Crippen LogP contribution in [0.2, 0.25) is 0 Å². The van der Waals surface area contributed by atoms with Crippen molar-refractivity contribution in [1.29, 1.82) is 0 Å². The van der Waals surface area contributed by atoms with Gasteiger partial charge in [0.05, 0.1) is 16.6 Å². The van der Waals surface area contributed by atoms with Gasteiger partial charge in [-0.2, -0.15) is 0 Å². The van der Waals surface area contributed by atoms with E-state index < -0.39 is 0 Å². The fourth-order valence-corrected chi connectivity index (χ4v) is 6.94. The van der Waals surface area contributed by atoms with Gasteiger partial charge in [-0.05, 0) is 67.7 Å². The van der Waals surface area contributed by atoms with Crippen molar-refractivity contribution in [3.8, 4) is 0 Å². The highest BCUT2D eigenvalue weighted by molar-refractivity contribution is 5.96. The van der Waals surface area contributed by atoms with Crippen LogP contribution in [0.15, 0.2) is 48.5 Å². The SMILES string of the molecule is c1ccc2c(c1)nc(C13CCCC14CC(C4)C3)n1c3ccccc3nc21. The highest BCUT2D eigenvalue weighted by atomic mass is 15.1. The number of para-hydroxylation sites is 3. The molecule has 4 aliphatic rings. The highest BCUT2D eigenvalue weighted by Gasteiger charge is 2.69. The van der Waals surface area contributed by atoms with E-state index in [-0.39, 0.29) is 5.41 Å². The van der Waals surface area contributed by atoms with Gasteiger partial charge in [0.2, 0.25) is 0 Å². The van der Waals surface area contributed by atoms with Gasteiger partial charge in [0.25, 0.3) is 0 Å². The molecule has 2 aromatic carbocycles. The second-order valence-corrected chi connectivity index (χ2v) is 8.91. The Morgan fingerprint density at radius 2 is 1.65 bits per heavy atom. The Morgan fingerprint density at radius 1 is 0.846 bits per heavy atom. The average molecular weight is 339 g/mol. The van der Waals surface area contributed by atoms with Crippen molar-refractivity contribution in [3.63, 3.8) is 0 Å². The summed E-state index contributed by atoms with van der Waals surface area (Å²) in [6.45, 7) is 0. The Hall–Kier alpha value is -2.42. The van der Waals surface area contributed by atoms with Crippen molar-refractivity contribution in [1.82, 2.24) is 14.4 Å². The van der Waals surface area contributed by atoms with Gasteiger partial charge in [0, 0.05) is 10.8 Å². The molecule has 3 nitrogen and oxygen atoms in total. The van der Waals surface area contributed by atoms with Crippen LogP contribution < -0.4 is 0 Å². The van der Waals surface area contributed by atoms with E-state index in [0.29, 0.717) is 5.41 Å². The number of nitrogens with zero attached hydrogens (tertiary/aromatic N) is 3. The van der Waals surface area contributed by atoms with Gasteiger partial charge in [0.15, 0.2) is 0 Å². The number of fused-ring (bicyclic) bond motifs is 5. The molecule has 1 atom stereocenters. The lowest BCUT2D eigenvalue weighted by atomic mass is 9.62. The maximum absolute atomic E-state index is 5.34. The minimum atomic E-state index is 0.267. The topological polar surface area (TPSA) is 30.2 Å². The van der Waals surface area contributed by atoms with E-state index in [1.54, 1.807) is 0 Å². The van der Waals surface area contributed by atoms with Gasteiger partial charge in [0.1, 0.15) is 11.5 Å². The standard InChI is InChI=1S/C23H21N3/c1-2-7-17-16(6-1)20-24-18-8-3-4-9-19(18)26(20)21(25-17)23-11-5-10-22(23)12-15(13-22)14-23/h1-4,6-9,15H,5,10-14H2. The Morgan fingerprint density at radius 3 is 2.58 bits per heavy atom. The predicted octanol–water partition coefficient (Wildman–Crippen LogP) is 5.26. The van der Waals surface area contributed by atoms with Crippen molar-refractivity contribution in [2.24, 2.45) is 11.3 Å². The summed E-state index contributed by atoms with van der Waals surface area (Å²) in [6.07, 6.45) is 8.24. The first kappa shape index (κ1) is 13.7. The van der Waals surface area contributed by atoms with E-state index in [0.717, 1.165) is 22.6 Å². The quantitative estimate of drug-likeness (QED) is 0.474. The Kier molecular flexibility index (Phi) is 2.26. The Bertz CT molecular complexity index is 1210. The van der Waals surface area contributed by atoms with Crippen LogP contribution in [0, 0.1) is 11.3 Å². The molecule has 4 saturated carbocycles. The highest BCUT2D eigenvalue weighted by Crippen LogP contribution is 2.75. The van der Waals surface area contributed by atoms with Crippen molar-refractivity contribution >= 4 is 27.6 Å². The first-order chi connectivity index (χ1) is 12.8. The lowest BCUT2D eigenvalue weighted by molar-refractivity contribution is 0.105. The summed E-state index contributed by atoms with van der Waals surface area (Å²) in [5, 5.41) is 1.17. The van der Waals surface area contributed by atoms with Gasteiger partial charge in [-0.25, -0.2) is 9.97 Å². The molecule has 4 aliphatic carbocycles. The second-order valence-electron chi connectivity index (χ2n) is 8.91. The third-order valence-corrected chi connectivity index (χ3v) is 7.84. The molecule has 2 bridgehead atoms. The maximum atomic E-state index is 5.34. The molecule has 1 spiro atoms. The fraction of sp³-hybridized carbons (Fsp3) is 0.391. The molecule has 3 heteroatoms. The van der Waals surface area contributed by atoms with Crippen LogP contribution in [0.4, 0.5) is 0 Å². The van der Waals surface area contributed by atoms with E-state index in [1.807, 2.05) is 0 Å². The van der Waals surface area contributed by atoms with Gasteiger partial charge in [-0.3, -0.25) is 4.40 Å². The van der Waals surface area contributed by atoms with E-state index in [9.17, 15) is 0 Å². The largest absolute Gasteiger partial charge is 0.279 e. The first-order valence-corrected chi connectivity index (χ1v) is 9.96. The number of aromatic nitrogens is 3. The maximum Gasteiger partial charge on any atom is 0.148 e. The summed E-state index contributed by atoms with van der Waals surface area (Å²) in [6, 6.07) is 17.1. The molecular weight excluding hydrogens is 318 g/mol. The normalized spacial score (nSPS) is 32.4. The van der Waals surface area contributed by atoms with Gasteiger partial charge >= 0.3 is 0 Å². The fourth-order valence-electron chi connectivity index (χ4n) is 6.94. The lowest BCUT2D eigenvalue weighted by Crippen LogP contribution is -2.40. The molecule has 0 radical (unpaired) electrons. The molecule has 8 rings (SSSR count). The van der Waals surface area contributed by atoms with Gasteiger partial charge < -0.3 is 0 Å². The zero-order chi connectivity index (χ0) is 16.9. The molecule has 26 heavy (non-hydrogen) atoms. The van der Waals surface area contributed by atoms with E-state index in [4.69, 9.17) is 9.97 Å². The molecule has 0 aliphatic heterocycles. The number of hydrogen-bond donors (Lipinski definition) is 0. The molecule has 2 aromatic heterocycles. The molecule has 1 unspecified atom stereocenters. The number of rotatable bonds is 1. The molecule has 128 valence electrons. The minimum Gasteiger partial charge on any atom is -0.279 e. The number of benzene rings is 2. The molecule has 0 saturated heterocycles. The van der Waals surface area contributed by atoms with Crippen molar-refractivity contribution in [2.45, 2.75) is 43.9 Å². The van der Waals surface area contributed by atoms with Crippen LogP contribution in [-0.2, 0) is 5.41 Å². The molecule has 4 aromatic rings. The summed E-state index contributed by atoms with van der Waals surface area (Å²) in [4.78, 5) is 10.4. The predicted molar refractivity (Wildman–Crippen MR) is 103 cm³/mol. The summed E-state index contributed by atoms with van der Waals surface area (Å²) >= 11 is 0. The second kappa shape index (κ2) is 4.28. The van der Waals surface area contributed by atoms with Gasteiger partial charge in [-0.15, -0.1) is 0 Å². The van der Waals surface area contributed by atoms with Crippen molar-refractivity contribution in [2.75, 3.05) is 0 Å². The van der Waals surface area contributed by atoms with Crippen LogP contribution in [0.3, 0.4) is 0 Å². The molecule has 2 heterocycles. The zero-order valence-electron chi connectivity index (χ0n) is 14.8.